The molecule has 1 aromatic heterocycles. The van der Waals surface area contributed by atoms with E-state index in [1.807, 2.05) is 30.0 Å². The smallest absolute Gasteiger partial charge is 0.322 e. The Kier molecular flexibility index (Phi) is 3.71. The van der Waals surface area contributed by atoms with Crippen LogP contribution in [-0.4, -0.2) is 46.6 Å². The summed E-state index contributed by atoms with van der Waals surface area (Å²) in [5.41, 5.74) is 0.917. The second-order valence-electron chi connectivity index (χ2n) is 4.23. The van der Waals surface area contributed by atoms with Gasteiger partial charge in [-0.05, 0) is 19.1 Å². The van der Waals surface area contributed by atoms with Crippen molar-refractivity contribution in [3.05, 3.63) is 30.1 Å². The molecule has 0 saturated carbocycles. The summed E-state index contributed by atoms with van der Waals surface area (Å²) in [6.45, 7) is 4.05. The van der Waals surface area contributed by atoms with Crippen molar-refractivity contribution in [3.63, 3.8) is 0 Å². The highest BCUT2D eigenvalue weighted by Crippen LogP contribution is 2.21. The summed E-state index contributed by atoms with van der Waals surface area (Å²) in [4.78, 5) is 17.5. The molecule has 17 heavy (non-hydrogen) atoms. The minimum Gasteiger partial charge on any atom is -0.480 e. The predicted molar refractivity (Wildman–Crippen MR) is 63.7 cm³/mol. The van der Waals surface area contributed by atoms with Crippen molar-refractivity contribution in [2.24, 2.45) is 0 Å². The Hall–Kier alpha value is -1.46. The lowest BCUT2D eigenvalue weighted by atomic mass is 10.1. The molecule has 0 aromatic carbocycles. The standard InChI is InChI=1S/C12H17N3O2/c1-9(10-4-2-3-5-14-10)15-7-6-13-8-11(15)12(16)17/h2-5,9,11,13H,6-8H2,1H3,(H,16,17)/t9-,11-/m1/s1. The highest BCUT2D eigenvalue weighted by atomic mass is 16.4. The number of carboxylic acids is 1. The molecule has 0 spiro atoms. The van der Waals surface area contributed by atoms with Gasteiger partial charge in [0.05, 0.1) is 11.7 Å². The molecule has 0 radical (unpaired) electrons. The molecular formula is C12H17N3O2. The highest BCUT2D eigenvalue weighted by molar-refractivity contribution is 5.74. The molecule has 0 bridgehead atoms. The van der Waals surface area contributed by atoms with E-state index in [1.54, 1.807) is 6.20 Å². The second-order valence-corrected chi connectivity index (χ2v) is 4.23. The third-order valence-corrected chi connectivity index (χ3v) is 3.18. The lowest BCUT2D eigenvalue weighted by Crippen LogP contribution is -2.55. The van der Waals surface area contributed by atoms with Gasteiger partial charge in [-0.15, -0.1) is 0 Å². The molecule has 1 aliphatic rings. The first-order valence-corrected chi connectivity index (χ1v) is 5.80. The van der Waals surface area contributed by atoms with Crippen molar-refractivity contribution >= 4 is 5.97 Å². The van der Waals surface area contributed by atoms with Crippen LogP contribution in [0.4, 0.5) is 0 Å². The van der Waals surface area contributed by atoms with Gasteiger partial charge in [-0.25, -0.2) is 0 Å². The Bertz CT molecular complexity index is 383. The van der Waals surface area contributed by atoms with E-state index in [-0.39, 0.29) is 6.04 Å². The summed E-state index contributed by atoms with van der Waals surface area (Å²) in [6, 6.07) is 5.28. The summed E-state index contributed by atoms with van der Waals surface area (Å²) in [5, 5.41) is 12.3. The summed E-state index contributed by atoms with van der Waals surface area (Å²) in [7, 11) is 0. The normalized spacial score (nSPS) is 23.2. The van der Waals surface area contributed by atoms with Gasteiger partial charge in [-0.3, -0.25) is 14.7 Å². The van der Waals surface area contributed by atoms with E-state index in [9.17, 15) is 9.90 Å². The minimum atomic E-state index is -0.778. The van der Waals surface area contributed by atoms with Crippen molar-refractivity contribution in [1.29, 1.82) is 0 Å². The Morgan fingerprint density at radius 2 is 2.47 bits per heavy atom. The maximum absolute atomic E-state index is 11.2. The van der Waals surface area contributed by atoms with Gasteiger partial charge in [0.2, 0.25) is 0 Å². The lowest BCUT2D eigenvalue weighted by Gasteiger charge is -2.37. The fraction of sp³-hybridized carbons (Fsp3) is 0.500. The van der Waals surface area contributed by atoms with Gasteiger partial charge in [0.25, 0.3) is 0 Å². The molecule has 1 aromatic rings. The molecule has 2 heterocycles. The van der Waals surface area contributed by atoms with Gasteiger partial charge in [0, 0.05) is 25.8 Å². The van der Waals surface area contributed by atoms with Crippen LogP contribution in [0.3, 0.4) is 0 Å². The van der Waals surface area contributed by atoms with Crippen LogP contribution in [0.5, 0.6) is 0 Å². The summed E-state index contributed by atoms with van der Waals surface area (Å²) in [5.74, 6) is -0.778. The summed E-state index contributed by atoms with van der Waals surface area (Å²) >= 11 is 0. The zero-order valence-electron chi connectivity index (χ0n) is 9.84. The van der Waals surface area contributed by atoms with Crippen LogP contribution >= 0.6 is 0 Å². The van der Waals surface area contributed by atoms with E-state index in [4.69, 9.17) is 0 Å². The molecule has 1 saturated heterocycles. The van der Waals surface area contributed by atoms with Gasteiger partial charge in [0.15, 0.2) is 0 Å². The topological polar surface area (TPSA) is 65.5 Å². The van der Waals surface area contributed by atoms with E-state index in [0.717, 1.165) is 18.8 Å². The lowest BCUT2D eigenvalue weighted by molar-refractivity contribution is -0.145. The average molecular weight is 235 g/mol. The predicted octanol–water partition coefficient (Wildman–Crippen LogP) is 0.501. The zero-order valence-corrected chi connectivity index (χ0v) is 9.84. The molecule has 5 heteroatoms. The SMILES string of the molecule is C[C@H](c1ccccn1)N1CCNC[C@@H]1C(=O)O. The first kappa shape index (κ1) is 12.0. The molecule has 5 nitrogen and oxygen atoms in total. The average Bonchev–Trinajstić information content (AvgIpc) is 2.39. The third kappa shape index (κ3) is 2.62. The molecule has 92 valence electrons. The monoisotopic (exact) mass is 235 g/mol. The number of aromatic nitrogens is 1. The Labute approximate surface area is 100 Å². The minimum absolute atomic E-state index is 0.0272. The molecule has 0 amide bonds. The fourth-order valence-electron chi connectivity index (χ4n) is 2.21. The largest absolute Gasteiger partial charge is 0.480 e. The number of rotatable bonds is 3. The van der Waals surface area contributed by atoms with Gasteiger partial charge >= 0.3 is 5.97 Å². The summed E-state index contributed by atoms with van der Waals surface area (Å²) in [6.07, 6.45) is 1.74. The van der Waals surface area contributed by atoms with E-state index >= 15 is 0 Å². The first-order chi connectivity index (χ1) is 8.20. The van der Waals surface area contributed by atoms with Crippen LogP contribution in [0, 0.1) is 0 Å². The molecule has 2 N–H and O–H groups in total. The van der Waals surface area contributed by atoms with Crippen LogP contribution in [-0.2, 0) is 4.79 Å². The number of hydrogen-bond donors (Lipinski definition) is 2. The number of piperazine rings is 1. The molecular weight excluding hydrogens is 218 g/mol. The number of carboxylic acid groups (broad SMARTS) is 1. The van der Waals surface area contributed by atoms with Crippen LogP contribution < -0.4 is 5.32 Å². The number of carbonyl (C=O) groups is 1. The van der Waals surface area contributed by atoms with Crippen LogP contribution in [0.2, 0.25) is 0 Å². The molecule has 0 unspecified atom stereocenters. The van der Waals surface area contributed by atoms with Crippen LogP contribution in [0.25, 0.3) is 0 Å². The van der Waals surface area contributed by atoms with Gasteiger partial charge in [-0.1, -0.05) is 6.07 Å². The van der Waals surface area contributed by atoms with Crippen molar-refractivity contribution in [3.8, 4) is 0 Å². The van der Waals surface area contributed by atoms with Gasteiger partial charge < -0.3 is 10.4 Å². The summed E-state index contributed by atoms with van der Waals surface area (Å²) < 4.78 is 0. The Morgan fingerprint density at radius 1 is 1.65 bits per heavy atom. The van der Waals surface area contributed by atoms with E-state index in [1.165, 1.54) is 0 Å². The van der Waals surface area contributed by atoms with Crippen molar-refractivity contribution in [2.45, 2.75) is 19.0 Å². The van der Waals surface area contributed by atoms with Crippen molar-refractivity contribution in [2.75, 3.05) is 19.6 Å². The fourth-order valence-corrected chi connectivity index (χ4v) is 2.21. The number of aliphatic carboxylic acids is 1. The van der Waals surface area contributed by atoms with E-state index < -0.39 is 12.0 Å². The van der Waals surface area contributed by atoms with Gasteiger partial charge in [-0.2, -0.15) is 0 Å². The highest BCUT2D eigenvalue weighted by Gasteiger charge is 2.32. The zero-order chi connectivity index (χ0) is 12.3. The maximum Gasteiger partial charge on any atom is 0.322 e. The van der Waals surface area contributed by atoms with Crippen molar-refractivity contribution < 1.29 is 9.90 Å². The quantitative estimate of drug-likeness (QED) is 0.798. The van der Waals surface area contributed by atoms with Gasteiger partial charge in [0.1, 0.15) is 6.04 Å². The first-order valence-electron chi connectivity index (χ1n) is 5.80. The third-order valence-electron chi connectivity index (χ3n) is 3.18. The second kappa shape index (κ2) is 5.25. The number of hydrogen-bond acceptors (Lipinski definition) is 4. The van der Waals surface area contributed by atoms with Crippen LogP contribution in [0.1, 0.15) is 18.7 Å². The van der Waals surface area contributed by atoms with Crippen LogP contribution in [0.15, 0.2) is 24.4 Å². The molecule has 2 atom stereocenters. The maximum atomic E-state index is 11.2. The number of pyridine rings is 1. The Balaban J connectivity index is 2.16. The Morgan fingerprint density at radius 3 is 3.12 bits per heavy atom. The molecule has 1 fully saturated rings. The number of nitrogens with zero attached hydrogens (tertiary/aromatic N) is 2. The molecule has 2 rings (SSSR count). The number of nitrogens with one attached hydrogen (secondary N) is 1. The molecule has 1 aliphatic heterocycles. The van der Waals surface area contributed by atoms with E-state index in [2.05, 4.69) is 10.3 Å². The van der Waals surface area contributed by atoms with Crippen molar-refractivity contribution in [1.82, 2.24) is 15.2 Å². The van der Waals surface area contributed by atoms with E-state index in [0.29, 0.717) is 6.54 Å². The molecule has 0 aliphatic carbocycles.